The zero-order valence-electron chi connectivity index (χ0n) is 16.2. The largest absolute Gasteiger partial charge is 0.452 e. The fourth-order valence-electron chi connectivity index (χ4n) is 3.77. The Balaban J connectivity index is 1.81. The normalized spacial score (nSPS) is 16.8. The highest BCUT2D eigenvalue weighted by Gasteiger charge is 2.31. The number of ether oxygens (including phenoxy) is 1. The van der Waals surface area contributed by atoms with Gasteiger partial charge >= 0.3 is 5.97 Å². The van der Waals surface area contributed by atoms with Crippen LogP contribution in [-0.2, 0) is 20.7 Å². The molecule has 0 bridgehead atoms. The molecule has 0 aliphatic carbocycles. The average molecular weight is 383 g/mol. The summed E-state index contributed by atoms with van der Waals surface area (Å²) in [6, 6.07) is 6.74. The Bertz CT molecular complexity index is 925. The number of piperidine rings is 1. The van der Waals surface area contributed by atoms with Gasteiger partial charge in [0.2, 0.25) is 5.91 Å². The monoisotopic (exact) mass is 383 g/mol. The summed E-state index contributed by atoms with van der Waals surface area (Å²) in [4.78, 5) is 43.0. The van der Waals surface area contributed by atoms with Crippen LogP contribution >= 0.6 is 0 Å². The molecule has 2 heterocycles. The van der Waals surface area contributed by atoms with E-state index in [-0.39, 0.29) is 0 Å². The van der Waals surface area contributed by atoms with Gasteiger partial charge in [-0.15, -0.1) is 0 Å². The van der Waals surface area contributed by atoms with Gasteiger partial charge in [-0.1, -0.05) is 25.1 Å². The summed E-state index contributed by atoms with van der Waals surface area (Å²) in [5.41, 5.74) is 8.13. The topological polar surface area (TPSA) is 103 Å². The fraction of sp³-hybridized carbons (Fsp3) is 0.429. The quantitative estimate of drug-likeness (QED) is 0.797. The lowest BCUT2D eigenvalue weighted by molar-refractivity contribution is -0.143. The van der Waals surface area contributed by atoms with Gasteiger partial charge < -0.3 is 15.4 Å². The van der Waals surface area contributed by atoms with Crippen molar-refractivity contribution in [2.75, 3.05) is 13.2 Å². The van der Waals surface area contributed by atoms with Gasteiger partial charge in [0.15, 0.2) is 6.61 Å². The summed E-state index contributed by atoms with van der Waals surface area (Å²) in [5.74, 6) is -1.49. The van der Waals surface area contributed by atoms with Crippen molar-refractivity contribution in [2.24, 2.45) is 5.73 Å². The number of amides is 2. The van der Waals surface area contributed by atoms with Crippen LogP contribution in [0.3, 0.4) is 0 Å². The molecule has 0 saturated carbocycles. The van der Waals surface area contributed by atoms with E-state index in [0.29, 0.717) is 35.9 Å². The van der Waals surface area contributed by atoms with E-state index in [4.69, 9.17) is 10.5 Å². The first-order valence-electron chi connectivity index (χ1n) is 9.58. The van der Waals surface area contributed by atoms with Crippen LogP contribution in [0.1, 0.15) is 47.8 Å². The lowest BCUT2D eigenvalue weighted by Gasteiger charge is -2.33. The number of para-hydroxylation sites is 1. The Labute approximate surface area is 163 Å². The van der Waals surface area contributed by atoms with E-state index in [1.54, 1.807) is 0 Å². The van der Waals surface area contributed by atoms with Crippen molar-refractivity contribution in [3.63, 3.8) is 0 Å². The lowest BCUT2D eigenvalue weighted by Crippen LogP contribution is -2.51. The molecule has 1 saturated heterocycles. The number of carbonyl (C=O) groups excluding carboxylic acids is 3. The standard InChI is InChI=1S/C21H25N3O4/c1-3-15-13(2)19(14-8-4-5-9-16(14)23-15)21(27)28-12-18(25)24-11-7-6-10-17(24)20(22)26/h4-5,8-9,17H,3,6-7,10-12H2,1-2H3,(H2,22,26)/t17-/m0/s1. The van der Waals surface area contributed by atoms with Crippen LogP contribution in [0.25, 0.3) is 10.9 Å². The number of aromatic nitrogens is 1. The average Bonchev–Trinajstić information content (AvgIpc) is 2.71. The van der Waals surface area contributed by atoms with E-state index >= 15 is 0 Å². The molecular formula is C21H25N3O4. The number of carbonyl (C=O) groups is 3. The number of benzene rings is 1. The van der Waals surface area contributed by atoms with Crippen molar-refractivity contribution in [1.29, 1.82) is 0 Å². The molecular weight excluding hydrogens is 358 g/mol. The molecule has 148 valence electrons. The van der Waals surface area contributed by atoms with Crippen LogP contribution in [0, 0.1) is 6.92 Å². The minimum Gasteiger partial charge on any atom is -0.452 e. The second kappa shape index (κ2) is 8.37. The Morgan fingerprint density at radius 3 is 2.71 bits per heavy atom. The molecule has 2 aromatic rings. The van der Waals surface area contributed by atoms with E-state index in [9.17, 15) is 14.4 Å². The predicted molar refractivity (Wildman–Crippen MR) is 105 cm³/mol. The molecule has 2 N–H and O–H groups in total. The summed E-state index contributed by atoms with van der Waals surface area (Å²) in [5, 5.41) is 0.697. The second-order valence-electron chi connectivity index (χ2n) is 7.01. The molecule has 1 aliphatic rings. The van der Waals surface area contributed by atoms with Gasteiger partial charge in [0.25, 0.3) is 5.91 Å². The Kier molecular flexibility index (Phi) is 5.92. The van der Waals surface area contributed by atoms with E-state index < -0.39 is 30.4 Å². The first kappa shape index (κ1) is 19.8. The van der Waals surface area contributed by atoms with Gasteiger partial charge in [0.1, 0.15) is 6.04 Å². The summed E-state index contributed by atoms with van der Waals surface area (Å²) < 4.78 is 5.35. The minimum absolute atomic E-state index is 0.399. The molecule has 3 rings (SSSR count). The zero-order valence-corrected chi connectivity index (χ0v) is 16.2. The van der Waals surface area contributed by atoms with Crippen molar-refractivity contribution < 1.29 is 19.1 Å². The number of aryl methyl sites for hydroxylation is 1. The van der Waals surface area contributed by atoms with Crippen molar-refractivity contribution >= 4 is 28.7 Å². The van der Waals surface area contributed by atoms with Gasteiger partial charge in [0.05, 0.1) is 11.1 Å². The number of nitrogens with two attached hydrogens (primary N) is 1. The number of hydrogen-bond acceptors (Lipinski definition) is 5. The van der Waals surface area contributed by atoms with Gasteiger partial charge in [-0.05, 0) is 44.2 Å². The summed E-state index contributed by atoms with van der Waals surface area (Å²) in [6.45, 7) is 3.84. The Morgan fingerprint density at radius 1 is 1.25 bits per heavy atom. The van der Waals surface area contributed by atoms with Crippen molar-refractivity contribution in [2.45, 2.75) is 45.6 Å². The molecule has 28 heavy (non-hydrogen) atoms. The van der Waals surface area contributed by atoms with E-state index in [2.05, 4.69) is 4.98 Å². The third-order valence-electron chi connectivity index (χ3n) is 5.25. The van der Waals surface area contributed by atoms with Crippen LogP contribution in [-0.4, -0.2) is 46.9 Å². The van der Waals surface area contributed by atoms with Crippen LogP contribution in [0.4, 0.5) is 0 Å². The van der Waals surface area contributed by atoms with Crippen LogP contribution in [0.15, 0.2) is 24.3 Å². The predicted octanol–water partition coefficient (Wildman–Crippen LogP) is 2.13. The lowest BCUT2D eigenvalue weighted by atomic mass is 10.0. The molecule has 1 atom stereocenters. The van der Waals surface area contributed by atoms with Gasteiger partial charge in [0, 0.05) is 17.6 Å². The Hall–Kier alpha value is -2.96. The SMILES string of the molecule is CCc1nc2ccccc2c(C(=O)OCC(=O)N2CCCC[C@H]2C(N)=O)c1C. The smallest absolute Gasteiger partial charge is 0.339 e. The Morgan fingerprint density at radius 2 is 2.00 bits per heavy atom. The highest BCUT2D eigenvalue weighted by molar-refractivity contribution is 6.05. The molecule has 2 amide bonds. The highest BCUT2D eigenvalue weighted by atomic mass is 16.5. The van der Waals surface area contributed by atoms with Gasteiger partial charge in [-0.25, -0.2) is 4.79 Å². The van der Waals surface area contributed by atoms with Gasteiger partial charge in [-0.2, -0.15) is 0 Å². The van der Waals surface area contributed by atoms with Crippen molar-refractivity contribution in [1.82, 2.24) is 9.88 Å². The molecule has 7 heteroatoms. The zero-order chi connectivity index (χ0) is 20.3. The second-order valence-corrected chi connectivity index (χ2v) is 7.01. The van der Waals surface area contributed by atoms with Crippen LogP contribution in [0.5, 0.6) is 0 Å². The summed E-state index contributed by atoms with van der Waals surface area (Å²) >= 11 is 0. The maximum absolute atomic E-state index is 12.8. The fourth-order valence-corrected chi connectivity index (χ4v) is 3.77. The molecule has 1 aromatic carbocycles. The van der Waals surface area contributed by atoms with Crippen molar-refractivity contribution in [3.05, 3.63) is 41.1 Å². The number of pyridine rings is 1. The number of likely N-dealkylation sites (tertiary alicyclic amines) is 1. The molecule has 1 aromatic heterocycles. The van der Waals surface area contributed by atoms with Crippen LogP contribution in [0.2, 0.25) is 0 Å². The van der Waals surface area contributed by atoms with Gasteiger partial charge in [-0.3, -0.25) is 14.6 Å². The number of fused-ring (bicyclic) bond motifs is 1. The maximum Gasteiger partial charge on any atom is 0.339 e. The first-order valence-corrected chi connectivity index (χ1v) is 9.58. The molecule has 7 nitrogen and oxygen atoms in total. The van der Waals surface area contributed by atoms with E-state index in [1.807, 2.05) is 38.1 Å². The van der Waals surface area contributed by atoms with E-state index in [0.717, 1.165) is 24.1 Å². The highest BCUT2D eigenvalue weighted by Crippen LogP contribution is 2.24. The molecule has 0 radical (unpaired) electrons. The number of rotatable bonds is 5. The van der Waals surface area contributed by atoms with Crippen molar-refractivity contribution in [3.8, 4) is 0 Å². The molecule has 1 fully saturated rings. The maximum atomic E-state index is 12.8. The first-order chi connectivity index (χ1) is 13.4. The third-order valence-corrected chi connectivity index (χ3v) is 5.25. The van der Waals surface area contributed by atoms with E-state index in [1.165, 1.54) is 4.90 Å². The number of nitrogens with zero attached hydrogens (tertiary/aromatic N) is 2. The molecule has 0 spiro atoms. The summed E-state index contributed by atoms with van der Waals surface area (Å²) in [7, 11) is 0. The van der Waals surface area contributed by atoms with Crippen LogP contribution < -0.4 is 5.73 Å². The number of esters is 1. The molecule has 0 unspecified atom stereocenters. The number of hydrogen-bond donors (Lipinski definition) is 1. The number of primary amides is 1. The molecule has 1 aliphatic heterocycles. The minimum atomic E-state index is -0.630. The summed E-state index contributed by atoms with van der Waals surface area (Å²) in [6.07, 6.45) is 2.88. The third kappa shape index (κ3) is 3.83.